The van der Waals surface area contributed by atoms with Gasteiger partial charge in [0.15, 0.2) is 0 Å². The third-order valence-corrected chi connectivity index (χ3v) is 3.40. The van der Waals surface area contributed by atoms with Crippen molar-refractivity contribution in [2.75, 3.05) is 38.0 Å². The first-order chi connectivity index (χ1) is 8.24. The van der Waals surface area contributed by atoms with Gasteiger partial charge in [-0.25, -0.2) is 0 Å². The smallest absolute Gasteiger partial charge is 0.103 e. The number of thioether (sulfide) groups is 1. The van der Waals surface area contributed by atoms with E-state index in [-0.39, 0.29) is 0 Å². The van der Waals surface area contributed by atoms with E-state index in [1.54, 1.807) is 18.9 Å². The van der Waals surface area contributed by atoms with Crippen molar-refractivity contribution < 1.29 is 4.74 Å². The zero-order valence-corrected chi connectivity index (χ0v) is 11.4. The summed E-state index contributed by atoms with van der Waals surface area (Å²) in [5.74, 6) is 0.972. The lowest BCUT2D eigenvalue weighted by atomic mass is 10.2. The Morgan fingerprint density at radius 3 is 2.82 bits per heavy atom. The quantitative estimate of drug-likeness (QED) is 0.727. The number of ether oxygens (including phenoxy) is 1. The van der Waals surface area contributed by atoms with Gasteiger partial charge in [0.1, 0.15) is 6.07 Å². The molecule has 3 nitrogen and oxygen atoms in total. The van der Waals surface area contributed by atoms with E-state index in [1.807, 2.05) is 25.2 Å². The largest absolute Gasteiger partial charge is 0.383 e. The molecule has 0 amide bonds. The number of anilines is 1. The number of nitrogens with zero attached hydrogens (tertiary/aromatic N) is 2. The standard InChI is InChI=1S/C13H18N2OS/c1-4-17-13-7-5-6-12(11(13)10-14)15(2)8-9-16-3/h5-7H,4,8-9H2,1-3H3. The molecule has 1 aromatic rings. The van der Waals surface area contributed by atoms with Gasteiger partial charge in [0.2, 0.25) is 0 Å². The molecule has 0 aliphatic heterocycles. The lowest BCUT2D eigenvalue weighted by Gasteiger charge is -2.21. The molecule has 0 unspecified atom stereocenters. The first-order valence-corrected chi connectivity index (χ1v) is 6.59. The predicted octanol–water partition coefficient (Wildman–Crippen LogP) is 2.75. The summed E-state index contributed by atoms with van der Waals surface area (Å²) in [6.07, 6.45) is 0. The summed E-state index contributed by atoms with van der Waals surface area (Å²) in [7, 11) is 3.66. The summed E-state index contributed by atoms with van der Waals surface area (Å²) < 4.78 is 5.06. The number of methoxy groups -OCH3 is 1. The molecule has 0 N–H and O–H groups in total. The molecule has 0 bridgehead atoms. The highest BCUT2D eigenvalue weighted by Crippen LogP contribution is 2.29. The van der Waals surface area contributed by atoms with Crippen molar-refractivity contribution in [3.63, 3.8) is 0 Å². The average Bonchev–Trinajstić information content (AvgIpc) is 2.36. The van der Waals surface area contributed by atoms with Gasteiger partial charge in [0, 0.05) is 25.6 Å². The number of likely N-dealkylation sites (N-methyl/N-ethyl adjacent to an activating group) is 1. The van der Waals surface area contributed by atoms with E-state index < -0.39 is 0 Å². The van der Waals surface area contributed by atoms with E-state index >= 15 is 0 Å². The van der Waals surface area contributed by atoms with Crippen molar-refractivity contribution in [3.8, 4) is 6.07 Å². The summed E-state index contributed by atoms with van der Waals surface area (Å²) in [6, 6.07) is 8.28. The Balaban J connectivity index is 2.98. The van der Waals surface area contributed by atoms with E-state index in [2.05, 4.69) is 17.9 Å². The molecule has 0 saturated heterocycles. The maximum Gasteiger partial charge on any atom is 0.103 e. The second-order valence-corrected chi connectivity index (χ2v) is 4.92. The summed E-state index contributed by atoms with van der Waals surface area (Å²) in [6.45, 7) is 3.53. The monoisotopic (exact) mass is 250 g/mol. The second kappa shape index (κ2) is 7.21. The van der Waals surface area contributed by atoms with Crippen LogP contribution < -0.4 is 4.90 Å². The summed E-state index contributed by atoms with van der Waals surface area (Å²) in [5, 5.41) is 9.28. The van der Waals surface area contributed by atoms with Gasteiger partial charge < -0.3 is 9.64 Å². The molecule has 0 saturated carbocycles. The maximum absolute atomic E-state index is 9.28. The first-order valence-electron chi connectivity index (χ1n) is 5.60. The molecular formula is C13H18N2OS. The lowest BCUT2D eigenvalue weighted by molar-refractivity contribution is 0.206. The first kappa shape index (κ1) is 13.9. The van der Waals surface area contributed by atoms with Crippen LogP contribution in [-0.4, -0.2) is 33.1 Å². The van der Waals surface area contributed by atoms with Crippen LogP contribution in [0.2, 0.25) is 0 Å². The van der Waals surface area contributed by atoms with Crippen molar-refractivity contribution in [1.82, 2.24) is 0 Å². The van der Waals surface area contributed by atoms with Crippen molar-refractivity contribution in [1.29, 1.82) is 5.26 Å². The number of hydrogen-bond donors (Lipinski definition) is 0. The van der Waals surface area contributed by atoms with E-state index in [9.17, 15) is 5.26 Å². The molecular weight excluding hydrogens is 232 g/mol. The normalized spacial score (nSPS) is 10.0. The number of rotatable bonds is 6. The molecule has 0 radical (unpaired) electrons. The molecule has 1 rings (SSSR count). The molecule has 0 atom stereocenters. The minimum absolute atomic E-state index is 0.659. The lowest BCUT2D eigenvalue weighted by Crippen LogP contribution is -2.23. The molecule has 4 heteroatoms. The van der Waals surface area contributed by atoms with Crippen LogP contribution in [0.25, 0.3) is 0 Å². The van der Waals surface area contributed by atoms with Crippen molar-refractivity contribution in [3.05, 3.63) is 23.8 Å². The van der Waals surface area contributed by atoms with Gasteiger partial charge in [-0.3, -0.25) is 0 Å². The van der Waals surface area contributed by atoms with Crippen LogP contribution in [0.5, 0.6) is 0 Å². The number of hydrogen-bond acceptors (Lipinski definition) is 4. The van der Waals surface area contributed by atoms with Crippen LogP contribution in [0.4, 0.5) is 5.69 Å². The molecule has 0 fully saturated rings. The fourth-order valence-corrected chi connectivity index (χ4v) is 2.35. The molecule has 0 aliphatic rings. The van der Waals surface area contributed by atoms with Crippen LogP contribution in [0, 0.1) is 11.3 Å². The van der Waals surface area contributed by atoms with Crippen molar-refractivity contribution in [2.24, 2.45) is 0 Å². The molecule has 0 aliphatic carbocycles. The van der Waals surface area contributed by atoms with Gasteiger partial charge in [-0.1, -0.05) is 13.0 Å². The van der Waals surface area contributed by atoms with Crippen LogP contribution in [0.1, 0.15) is 12.5 Å². The van der Waals surface area contributed by atoms with Crippen LogP contribution in [-0.2, 0) is 4.74 Å². The molecule has 92 valence electrons. The van der Waals surface area contributed by atoms with Gasteiger partial charge in [0.25, 0.3) is 0 Å². The van der Waals surface area contributed by atoms with Crippen LogP contribution in [0.3, 0.4) is 0 Å². The minimum atomic E-state index is 0.659. The molecule has 0 spiro atoms. The number of benzene rings is 1. The highest BCUT2D eigenvalue weighted by Gasteiger charge is 2.11. The zero-order valence-electron chi connectivity index (χ0n) is 10.6. The van der Waals surface area contributed by atoms with Crippen LogP contribution >= 0.6 is 11.8 Å². The van der Waals surface area contributed by atoms with Crippen molar-refractivity contribution in [2.45, 2.75) is 11.8 Å². The Labute approximate surface area is 107 Å². The Hall–Kier alpha value is -1.18. The topological polar surface area (TPSA) is 36.3 Å². The third-order valence-electron chi connectivity index (χ3n) is 2.46. The fourth-order valence-electron chi connectivity index (χ4n) is 1.57. The Kier molecular flexibility index (Phi) is 5.88. The van der Waals surface area contributed by atoms with Gasteiger partial charge in [0.05, 0.1) is 17.9 Å². The maximum atomic E-state index is 9.28. The highest BCUT2D eigenvalue weighted by atomic mass is 32.2. The fraction of sp³-hybridized carbons (Fsp3) is 0.462. The minimum Gasteiger partial charge on any atom is -0.383 e. The van der Waals surface area contributed by atoms with E-state index in [0.717, 1.165) is 28.4 Å². The Morgan fingerprint density at radius 2 is 2.24 bits per heavy atom. The molecule has 0 heterocycles. The van der Waals surface area contributed by atoms with Crippen molar-refractivity contribution >= 4 is 17.4 Å². The number of nitriles is 1. The van der Waals surface area contributed by atoms with Gasteiger partial charge in [-0.05, 0) is 17.9 Å². The summed E-state index contributed by atoms with van der Waals surface area (Å²) in [4.78, 5) is 3.11. The summed E-state index contributed by atoms with van der Waals surface area (Å²) >= 11 is 1.70. The van der Waals surface area contributed by atoms with E-state index in [0.29, 0.717) is 6.61 Å². The van der Waals surface area contributed by atoms with Gasteiger partial charge in [-0.15, -0.1) is 11.8 Å². The molecule has 1 aromatic carbocycles. The van der Waals surface area contributed by atoms with E-state index in [1.165, 1.54) is 0 Å². The van der Waals surface area contributed by atoms with E-state index in [4.69, 9.17) is 4.74 Å². The zero-order chi connectivity index (χ0) is 12.7. The Morgan fingerprint density at radius 1 is 1.47 bits per heavy atom. The van der Waals surface area contributed by atoms with Crippen LogP contribution in [0.15, 0.2) is 23.1 Å². The molecule has 0 aromatic heterocycles. The SMILES string of the molecule is CCSc1cccc(N(C)CCOC)c1C#N. The van der Waals surface area contributed by atoms with Gasteiger partial charge in [-0.2, -0.15) is 5.26 Å². The second-order valence-electron chi connectivity index (χ2n) is 3.61. The summed E-state index contributed by atoms with van der Waals surface area (Å²) in [5.41, 5.74) is 1.74. The van der Waals surface area contributed by atoms with Gasteiger partial charge >= 0.3 is 0 Å². The Bertz CT molecular complexity index is 401. The predicted molar refractivity (Wildman–Crippen MR) is 72.7 cm³/mol. The molecule has 17 heavy (non-hydrogen) atoms. The average molecular weight is 250 g/mol. The highest BCUT2D eigenvalue weighted by molar-refractivity contribution is 7.99. The third kappa shape index (κ3) is 3.65.